The highest BCUT2D eigenvalue weighted by molar-refractivity contribution is 7.99. The molecule has 0 radical (unpaired) electrons. The molecule has 1 saturated heterocycles. The second-order valence-electron chi connectivity index (χ2n) is 11.8. The van der Waals surface area contributed by atoms with Crippen LogP contribution in [-0.2, 0) is 30.7 Å². The second kappa shape index (κ2) is 18.3. The van der Waals surface area contributed by atoms with Crippen molar-refractivity contribution < 1.29 is 17.0 Å². The molecule has 4 rings (SSSR count). The SMILES string of the molecule is C#CC(NN1CCCC1)NS(=O)(=C=C)c1ccc(CSc2ncc(C(C)(C)c3ccc(S(C)(=O)=O)cc3)n2C(=C)/C=C\C(F)=C=C)c(Cl)c1.CC. The molecule has 51 heavy (non-hydrogen) atoms. The number of imidazole rings is 1. The van der Waals surface area contributed by atoms with Gasteiger partial charge in [-0.15, -0.1) is 6.42 Å². The highest BCUT2D eigenvalue weighted by atomic mass is 35.5. The van der Waals surface area contributed by atoms with E-state index in [-0.39, 0.29) is 4.90 Å². The number of hydrogen-bond donors (Lipinski definition) is 2. The van der Waals surface area contributed by atoms with Crippen molar-refractivity contribution in [2.24, 2.45) is 0 Å². The minimum Gasteiger partial charge on any atom is -0.292 e. The van der Waals surface area contributed by atoms with Crippen molar-refractivity contribution in [3.05, 3.63) is 114 Å². The Morgan fingerprint density at radius 2 is 1.75 bits per heavy atom. The molecule has 13 heteroatoms. The number of sulfone groups is 1. The minimum atomic E-state index is -3.37. The molecule has 272 valence electrons. The first-order valence-corrected chi connectivity index (χ1v) is 21.0. The van der Waals surface area contributed by atoms with Gasteiger partial charge < -0.3 is 0 Å². The molecule has 1 aliphatic heterocycles. The second-order valence-corrected chi connectivity index (χ2v) is 17.3. The summed E-state index contributed by atoms with van der Waals surface area (Å²) < 4.78 is 56.7. The molecule has 0 saturated carbocycles. The number of hydrazine groups is 1. The number of allylic oxidation sites excluding steroid dienone is 4. The molecule has 1 aliphatic rings. The Labute approximate surface area is 312 Å². The number of rotatable bonds is 14. The Hall–Kier alpha value is -3.59. The molecule has 2 heterocycles. The molecule has 2 N–H and O–H groups in total. The summed E-state index contributed by atoms with van der Waals surface area (Å²) in [5.74, 6) is 2.33. The summed E-state index contributed by atoms with van der Waals surface area (Å²) in [6, 6.07) is 11.8. The molecule has 0 bridgehead atoms. The van der Waals surface area contributed by atoms with Crippen LogP contribution in [0.2, 0.25) is 5.02 Å². The van der Waals surface area contributed by atoms with Crippen LogP contribution in [0.1, 0.15) is 57.4 Å². The third-order valence-corrected chi connectivity index (χ3v) is 12.4. The van der Waals surface area contributed by atoms with E-state index in [0.717, 1.165) is 49.0 Å². The number of halogens is 2. The quantitative estimate of drug-likeness (QED) is 0.0437. The minimum absolute atomic E-state index is 0.214. The fraction of sp³-hybridized carbons (Fsp3) is 0.316. The van der Waals surface area contributed by atoms with Gasteiger partial charge in [-0.3, -0.25) is 4.57 Å². The van der Waals surface area contributed by atoms with Crippen molar-refractivity contribution in [1.82, 2.24) is 24.7 Å². The van der Waals surface area contributed by atoms with E-state index in [1.54, 1.807) is 48.7 Å². The van der Waals surface area contributed by atoms with Gasteiger partial charge >= 0.3 is 0 Å². The lowest BCUT2D eigenvalue weighted by Crippen LogP contribution is -2.51. The monoisotopic (exact) mass is 769 g/mol. The zero-order chi connectivity index (χ0) is 38.0. The average molecular weight is 770 g/mol. The highest BCUT2D eigenvalue weighted by Gasteiger charge is 2.30. The number of benzene rings is 2. The van der Waals surface area contributed by atoms with E-state index < -0.39 is 37.0 Å². The fourth-order valence-electron chi connectivity index (χ4n) is 5.18. The summed E-state index contributed by atoms with van der Waals surface area (Å²) in [4.78, 5) is 5.29. The Balaban J connectivity index is 0.00000345. The van der Waals surface area contributed by atoms with Gasteiger partial charge in [-0.2, -0.15) is 4.39 Å². The highest BCUT2D eigenvalue weighted by Crippen LogP contribution is 2.37. The van der Waals surface area contributed by atoms with Gasteiger partial charge in [0.15, 0.2) is 20.8 Å². The number of terminal acetylenes is 1. The normalized spacial score (nSPS) is 15.2. The Morgan fingerprint density at radius 1 is 1.12 bits per heavy atom. The van der Waals surface area contributed by atoms with Gasteiger partial charge in [0.05, 0.1) is 21.7 Å². The number of aromatic nitrogens is 2. The molecule has 3 aromatic rings. The molecule has 0 spiro atoms. The summed E-state index contributed by atoms with van der Waals surface area (Å²) in [6.07, 6.45) is 12.7. The molecule has 1 fully saturated rings. The summed E-state index contributed by atoms with van der Waals surface area (Å²) in [7, 11) is -6.46. The maximum atomic E-state index is 14.0. The lowest BCUT2D eigenvalue weighted by Gasteiger charge is -2.27. The van der Waals surface area contributed by atoms with Gasteiger partial charge in [-0.1, -0.05) is 94.1 Å². The lowest BCUT2D eigenvalue weighted by atomic mass is 9.81. The van der Waals surface area contributed by atoms with Crippen molar-refractivity contribution in [2.45, 2.75) is 72.8 Å². The summed E-state index contributed by atoms with van der Waals surface area (Å²) in [5, 5.41) is 5.56. The van der Waals surface area contributed by atoms with Gasteiger partial charge in [0.25, 0.3) is 0 Å². The Bertz CT molecular complexity index is 2110. The first-order valence-electron chi connectivity index (χ1n) is 16.2. The predicted molar refractivity (Wildman–Crippen MR) is 211 cm³/mol. The van der Waals surface area contributed by atoms with Crippen LogP contribution in [0.4, 0.5) is 4.39 Å². The van der Waals surface area contributed by atoms with Gasteiger partial charge in [0, 0.05) is 41.2 Å². The van der Waals surface area contributed by atoms with E-state index in [2.05, 4.69) is 46.6 Å². The standard InChI is InChI=1S/C36H39ClFN5O3S3.C2H6/c1-8-29(38)17-13-26(4)43-33(36(5,6)28-15-19-30(20-16-28)48(7,44)45)24-39-35(43)47-25-27-14-18-31(23-32(27)37)49(46,10-3)41-34(9-2)40-42-21-11-12-22-42;1-2/h2,13-20,23-24,34,40H,1,3-4,11-12,21-22,25H2,5-7H3,(H,41,46);1-2H3/b17-13-;. The molecule has 2 aromatic carbocycles. The topological polar surface area (TPSA) is 96.3 Å². The number of nitrogens with zero attached hydrogens (tertiary/aromatic N) is 3. The third kappa shape index (κ3) is 10.5. The summed E-state index contributed by atoms with van der Waals surface area (Å²) in [5.41, 5.74) is 7.47. The first-order chi connectivity index (χ1) is 24.1. The van der Waals surface area contributed by atoms with Crippen LogP contribution in [0.3, 0.4) is 0 Å². The van der Waals surface area contributed by atoms with E-state index in [9.17, 15) is 17.0 Å². The Kier molecular flexibility index (Phi) is 15.0. The third-order valence-electron chi connectivity index (χ3n) is 8.04. The van der Waals surface area contributed by atoms with Crippen molar-refractivity contribution in [3.8, 4) is 12.3 Å². The summed E-state index contributed by atoms with van der Waals surface area (Å²) >= 11 is 8.12. The van der Waals surface area contributed by atoms with E-state index in [4.69, 9.17) is 23.0 Å². The lowest BCUT2D eigenvalue weighted by molar-refractivity contribution is 0.213. The molecule has 1 aromatic heterocycles. The van der Waals surface area contributed by atoms with Crippen molar-refractivity contribution in [2.75, 3.05) is 19.3 Å². The number of thioether (sulfide) groups is 1. The predicted octanol–water partition coefficient (Wildman–Crippen LogP) is 7.54. The molecule has 2 atom stereocenters. The van der Waals surface area contributed by atoms with Crippen molar-refractivity contribution in [3.63, 3.8) is 0 Å². The van der Waals surface area contributed by atoms with Crippen LogP contribution in [0.15, 0.2) is 107 Å². The molecular weight excluding hydrogens is 725 g/mol. The van der Waals surface area contributed by atoms with Crippen LogP contribution in [0.25, 0.3) is 5.70 Å². The van der Waals surface area contributed by atoms with Crippen LogP contribution in [-0.4, -0.2) is 57.7 Å². The molecular formula is C38H45ClFN5O3S3. The van der Waals surface area contributed by atoms with Crippen LogP contribution in [0.5, 0.6) is 0 Å². The molecule has 8 nitrogen and oxygen atoms in total. The van der Waals surface area contributed by atoms with Crippen LogP contribution in [0, 0.1) is 12.3 Å². The van der Waals surface area contributed by atoms with E-state index in [1.165, 1.54) is 23.9 Å². The van der Waals surface area contributed by atoms with Crippen LogP contribution < -0.4 is 10.1 Å². The maximum Gasteiger partial charge on any atom is 0.175 e. The van der Waals surface area contributed by atoms with Crippen molar-refractivity contribution in [1.29, 1.82) is 0 Å². The van der Waals surface area contributed by atoms with Gasteiger partial charge in [-0.25, -0.2) is 32.8 Å². The van der Waals surface area contributed by atoms with Gasteiger partial charge in [0.1, 0.15) is 15.9 Å². The number of nitrogens with one attached hydrogen (secondary N) is 2. The van der Waals surface area contributed by atoms with Crippen molar-refractivity contribution >= 4 is 53.6 Å². The fourth-order valence-corrected chi connectivity index (χ4v) is 8.59. The summed E-state index contributed by atoms with van der Waals surface area (Å²) in [6.45, 7) is 20.8. The molecule has 0 aliphatic carbocycles. The Morgan fingerprint density at radius 3 is 2.29 bits per heavy atom. The smallest absolute Gasteiger partial charge is 0.175 e. The van der Waals surface area contributed by atoms with E-state index in [0.29, 0.717) is 26.5 Å². The van der Waals surface area contributed by atoms with Gasteiger partial charge in [-0.05, 0) is 72.0 Å². The van der Waals surface area contributed by atoms with E-state index >= 15 is 0 Å². The molecule has 2 unspecified atom stereocenters. The zero-order valence-electron chi connectivity index (χ0n) is 29.6. The first kappa shape index (κ1) is 41.8. The van der Waals surface area contributed by atoms with E-state index in [1.807, 2.05) is 37.3 Å². The average Bonchev–Trinajstić information content (AvgIpc) is 3.80. The van der Waals surface area contributed by atoms with Crippen LogP contribution >= 0.6 is 23.4 Å². The largest absolute Gasteiger partial charge is 0.292 e. The molecule has 0 amide bonds. The number of hydrogen-bond acceptors (Lipinski definition) is 7. The van der Waals surface area contributed by atoms with Gasteiger partial charge in [0.2, 0.25) is 0 Å². The zero-order valence-corrected chi connectivity index (χ0v) is 32.8. The maximum absolute atomic E-state index is 14.0.